The third kappa shape index (κ3) is 2.86. The van der Waals surface area contributed by atoms with Crippen LogP contribution in [0.1, 0.15) is 5.56 Å². The van der Waals surface area contributed by atoms with Crippen molar-refractivity contribution in [2.75, 3.05) is 12.9 Å². The normalized spacial score (nSPS) is 10.0. The number of methoxy groups -OCH3 is 1. The molecule has 0 spiro atoms. The van der Waals surface area contributed by atoms with Gasteiger partial charge in [0.05, 0.1) is 24.5 Å². The van der Waals surface area contributed by atoms with Crippen LogP contribution in [0.15, 0.2) is 23.4 Å². The maximum atomic E-state index is 10.6. The predicted molar refractivity (Wildman–Crippen MR) is 68.8 cm³/mol. The number of tetrazole rings is 1. The summed E-state index contributed by atoms with van der Waals surface area (Å²) in [6.45, 7) is 0. The van der Waals surface area contributed by atoms with E-state index in [1.807, 2.05) is 6.07 Å². The Morgan fingerprint density at radius 1 is 1.60 bits per heavy atom. The topological polar surface area (TPSA) is 114 Å². The third-order valence-electron chi connectivity index (χ3n) is 2.30. The Kier molecular flexibility index (Phi) is 4.17. The highest BCUT2D eigenvalue weighted by Crippen LogP contribution is 2.26. The summed E-state index contributed by atoms with van der Waals surface area (Å²) in [4.78, 5) is 10.6. The molecule has 1 aromatic carbocycles. The van der Waals surface area contributed by atoms with Crippen molar-refractivity contribution < 1.29 is 14.6 Å². The average Bonchev–Trinajstić information content (AvgIpc) is 2.92. The molecule has 0 aliphatic carbocycles. The fraction of sp³-hybridized carbons (Fsp3) is 0.182. The van der Waals surface area contributed by atoms with Crippen molar-refractivity contribution in [3.63, 3.8) is 0 Å². The molecular formula is C11H9N5O3S. The van der Waals surface area contributed by atoms with E-state index in [0.717, 1.165) is 11.8 Å². The molecule has 20 heavy (non-hydrogen) atoms. The van der Waals surface area contributed by atoms with Gasteiger partial charge in [-0.1, -0.05) is 11.8 Å². The van der Waals surface area contributed by atoms with E-state index in [1.54, 1.807) is 18.2 Å². The van der Waals surface area contributed by atoms with Gasteiger partial charge < -0.3 is 9.84 Å². The lowest BCUT2D eigenvalue weighted by Gasteiger charge is -2.09. The molecular weight excluding hydrogens is 282 g/mol. The van der Waals surface area contributed by atoms with Crippen LogP contribution in [0.2, 0.25) is 0 Å². The number of aromatic nitrogens is 4. The van der Waals surface area contributed by atoms with Crippen LogP contribution in [-0.2, 0) is 4.79 Å². The molecule has 0 fully saturated rings. The van der Waals surface area contributed by atoms with Gasteiger partial charge in [-0.15, -0.1) is 5.10 Å². The van der Waals surface area contributed by atoms with Crippen molar-refractivity contribution in [2.24, 2.45) is 0 Å². The zero-order chi connectivity index (χ0) is 14.5. The van der Waals surface area contributed by atoms with Crippen LogP contribution in [0.4, 0.5) is 0 Å². The Balaban J connectivity index is 2.39. The number of rotatable bonds is 5. The Morgan fingerprint density at radius 3 is 3.05 bits per heavy atom. The van der Waals surface area contributed by atoms with Crippen LogP contribution in [0.3, 0.4) is 0 Å². The van der Waals surface area contributed by atoms with Gasteiger partial charge in [0.2, 0.25) is 5.16 Å². The number of ether oxygens (including phenoxy) is 1. The van der Waals surface area contributed by atoms with E-state index in [-0.39, 0.29) is 5.75 Å². The number of nitrogens with zero attached hydrogens (tertiary/aromatic N) is 5. The van der Waals surface area contributed by atoms with Gasteiger partial charge in [-0.3, -0.25) is 4.79 Å². The fourth-order valence-electron chi connectivity index (χ4n) is 1.47. The van der Waals surface area contributed by atoms with Gasteiger partial charge in [-0.05, 0) is 22.6 Å². The number of benzene rings is 1. The largest absolute Gasteiger partial charge is 0.494 e. The van der Waals surface area contributed by atoms with E-state index in [9.17, 15) is 4.79 Å². The van der Waals surface area contributed by atoms with Gasteiger partial charge >= 0.3 is 5.97 Å². The zero-order valence-electron chi connectivity index (χ0n) is 10.3. The molecule has 2 rings (SSSR count). The van der Waals surface area contributed by atoms with E-state index in [0.29, 0.717) is 22.2 Å². The predicted octanol–water partition coefficient (Wildman–Crippen LogP) is 0.719. The highest BCUT2D eigenvalue weighted by atomic mass is 32.2. The maximum absolute atomic E-state index is 10.6. The lowest BCUT2D eigenvalue weighted by Crippen LogP contribution is -2.04. The maximum Gasteiger partial charge on any atom is 0.313 e. The molecule has 102 valence electrons. The number of hydrogen-bond donors (Lipinski definition) is 1. The Morgan fingerprint density at radius 2 is 2.40 bits per heavy atom. The Labute approximate surface area is 118 Å². The zero-order valence-corrected chi connectivity index (χ0v) is 11.2. The number of carbonyl (C=O) groups is 1. The van der Waals surface area contributed by atoms with Gasteiger partial charge in [0.15, 0.2) is 0 Å². The summed E-state index contributed by atoms with van der Waals surface area (Å²) in [6, 6.07) is 6.80. The van der Waals surface area contributed by atoms with E-state index in [2.05, 4.69) is 15.5 Å². The number of hydrogen-bond acceptors (Lipinski definition) is 7. The van der Waals surface area contributed by atoms with Gasteiger partial charge in [0.25, 0.3) is 0 Å². The smallest absolute Gasteiger partial charge is 0.313 e. The van der Waals surface area contributed by atoms with E-state index >= 15 is 0 Å². The first kappa shape index (κ1) is 13.8. The first-order valence-electron chi connectivity index (χ1n) is 5.37. The summed E-state index contributed by atoms with van der Waals surface area (Å²) in [6.07, 6.45) is 0. The summed E-state index contributed by atoms with van der Waals surface area (Å²) in [5, 5.41) is 29.0. The lowest BCUT2D eigenvalue weighted by atomic mass is 10.2. The quantitative estimate of drug-likeness (QED) is 0.801. The standard InChI is InChI=1S/C11H9N5O3S/c1-19-9-4-7(5-12)2-3-8(9)16-11(13-14-15-16)20-6-10(17)18/h2-4H,6H2,1H3,(H,17,18). The van der Waals surface area contributed by atoms with Gasteiger partial charge in [-0.2, -0.15) is 9.94 Å². The van der Waals surface area contributed by atoms with Crippen molar-refractivity contribution in [3.8, 4) is 17.5 Å². The van der Waals surface area contributed by atoms with E-state index in [4.69, 9.17) is 15.1 Å². The van der Waals surface area contributed by atoms with Crippen LogP contribution >= 0.6 is 11.8 Å². The molecule has 2 aromatic rings. The molecule has 0 aliphatic rings. The molecule has 1 aromatic heterocycles. The first-order valence-corrected chi connectivity index (χ1v) is 6.35. The SMILES string of the molecule is COc1cc(C#N)ccc1-n1nnnc1SCC(=O)O. The van der Waals surface area contributed by atoms with Gasteiger partial charge in [0.1, 0.15) is 11.4 Å². The highest BCUT2D eigenvalue weighted by Gasteiger charge is 2.15. The van der Waals surface area contributed by atoms with Crippen molar-refractivity contribution >= 4 is 17.7 Å². The molecule has 8 nitrogen and oxygen atoms in total. The Hall–Kier alpha value is -2.60. The van der Waals surface area contributed by atoms with Gasteiger partial charge in [-0.25, -0.2) is 0 Å². The average molecular weight is 291 g/mol. The van der Waals surface area contributed by atoms with Crippen molar-refractivity contribution in [1.82, 2.24) is 20.2 Å². The number of thioether (sulfide) groups is 1. The number of aliphatic carboxylic acids is 1. The van der Waals surface area contributed by atoms with Crippen molar-refractivity contribution in [1.29, 1.82) is 5.26 Å². The number of nitriles is 1. The lowest BCUT2D eigenvalue weighted by molar-refractivity contribution is -0.133. The molecule has 0 saturated heterocycles. The minimum atomic E-state index is -0.962. The molecule has 1 heterocycles. The summed E-state index contributed by atoms with van der Waals surface area (Å²) in [5.41, 5.74) is 0.975. The molecule has 0 amide bonds. The van der Waals surface area contributed by atoms with Crippen LogP contribution in [0.25, 0.3) is 5.69 Å². The third-order valence-corrected chi connectivity index (χ3v) is 3.21. The molecule has 0 bridgehead atoms. The second-order valence-corrected chi connectivity index (χ2v) is 4.50. The molecule has 0 aliphatic heterocycles. The number of carboxylic acids is 1. The molecule has 0 saturated carbocycles. The van der Waals surface area contributed by atoms with Crippen LogP contribution in [0.5, 0.6) is 5.75 Å². The van der Waals surface area contributed by atoms with E-state index in [1.165, 1.54) is 11.8 Å². The minimum Gasteiger partial charge on any atom is -0.494 e. The molecule has 0 radical (unpaired) electrons. The summed E-state index contributed by atoms with van der Waals surface area (Å²) >= 11 is 0.993. The van der Waals surface area contributed by atoms with Crippen LogP contribution < -0.4 is 4.74 Å². The molecule has 0 atom stereocenters. The summed E-state index contributed by atoms with van der Waals surface area (Å²) < 4.78 is 6.57. The summed E-state index contributed by atoms with van der Waals surface area (Å²) in [5.74, 6) is -0.691. The second kappa shape index (κ2) is 6.03. The Bertz CT molecular complexity index is 679. The molecule has 0 unspecified atom stereocenters. The molecule has 9 heteroatoms. The minimum absolute atomic E-state index is 0.154. The summed E-state index contributed by atoms with van der Waals surface area (Å²) in [7, 11) is 1.47. The van der Waals surface area contributed by atoms with Gasteiger partial charge in [0, 0.05) is 6.07 Å². The van der Waals surface area contributed by atoms with Crippen LogP contribution in [-0.4, -0.2) is 44.1 Å². The van der Waals surface area contributed by atoms with E-state index < -0.39 is 5.97 Å². The number of carboxylic acid groups (broad SMARTS) is 1. The van der Waals surface area contributed by atoms with Crippen LogP contribution in [0, 0.1) is 11.3 Å². The highest BCUT2D eigenvalue weighted by molar-refractivity contribution is 7.99. The molecule has 1 N–H and O–H groups in total. The second-order valence-electron chi connectivity index (χ2n) is 3.55. The first-order chi connectivity index (χ1) is 9.65. The monoisotopic (exact) mass is 291 g/mol. The van der Waals surface area contributed by atoms with Crippen molar-refractivity contribution in [3.05, 3.63) is 23.8 Å². The van der Waals surface area contributed by atoms with Crippen molar-refractivity contribution in [2.45, 2.75) is 5.16 Å². The fourth-order valence-corrected chi connectivity index (χ4v) is 2.07.